The number of aliphatic carboxylic acids is 1. The van der Waals surface area contributed by atoms with E-state index in [1.165, 1.54) is 6.07 Å². The zero-order chi connectivity index (χ0) is 17.6. The molecule has 0 saturated heterocycles. The summed E-state index contributed by atoms with van der Waals surface area (Å²) in [6, 6.07) is 18.1. The fourth-order valence-electron chi connectivity index (χ4n) is 2.70. The Balaban J connectivity index is 1.87. The molecular formula is C20H18FNO3. The van der Waals surface area contributed by atoms with Crippen molar-refractivity contribution in [3.05, 3.63) is 77.6 Å². The van der Waals surface area contributed by atoms with Gasteiger partial charge in [0.25, 0.3) is 0 Å². The van der Waals surface area contributed by atoms with Crippen LogP contribution in [-0.4, -0.2) is 17.6 Å². The van der Waals surface area contributed by atoms with Crippen LogP contribution >= 0.6 is 0 Å². The highest BCUT2D eigenvalue weighted by Gasteiger charge is 2.11. The van der Waals surface area contributed by atoms with Crippen molar-refractivity contribution in [1.29, 1.82) is 0 Å². The topological polar surface area (TPSA) is 58.6 Å². The Hall–Kier alpha value is -2.92. The summed E-state index contributed by atoms with van der Waals surface area (Å²) in [4.78, 5) is 10.8. The molecule has 0 amide bonds. The Labute approximate surface area is 144 Å². The molecule has 0 aliphatic rings. The summed E-state index contributed by atoms with van der Waals surface area (Å²) in [5, 5.41) is 13.7. The average Bonchev–Trinajstić information content (AvgIpc) is 2.61. The summed E-state index contributed by atoms with van der Waals surface area (Å²) >= 11 is 0. The first-order valence-electron chi connectivity index (χ1n) is 7.94. The molecule has 0 atom stereocenters. The molecule has 0 radical (unpaired) electrons. The molecule has 5 heteroatoms. The van der Waals surface area contributed by atoms with Gasteiger partial charge in [-0.15, -0.1) is 0 Å². The van der Waals surface area contributed by atoms with E-state index in [4.69, 9.17) is 9.84 Å². The maximum atomic E-state index is 13.8. The predicted molar refractivity (Wildman–Crippen MR) is 94.0 cm³/mol. The molecule has 3 aromatic carbocycles. The Bertz CT molecular complexity index is 895. The second-order valence-corrected chi connectivity index (χ2v) is 5.64. The van der Waals surface area contributed by atoms with Gasteiger partial charge in [-0.05, 0) is 22.9 Å². The van der Waals surface area contributed by atoms with E-state index in [-0.39, 0.29) is 19.0 Å². The summed E-state index contributed by atoms with van der Waals surface area (Å²) in [7, 11) is 0. The molecule has 0 aromatic heterocycles. The Morgan fingerprint density at radius 2 is 1.80 bits per heavy atom. The predicted octanol–water partition coefficient (Wildman–Crippen LogP) is 3.73. The van der Waals surface area contributed by atoms with Gasteiger partial charge in [-0.1, -0.05) is 48.5 Å². The lowest BCUT2D eigenvalue weighted by molar-refractivity contribution is -0.136. The molecule has 0 bridgehead atoms. The summed E-state index contributed by atoms with van der Waals surface area (Å²) in [6.45, 7) is 0.313. The minimum atomic E-state index is -0.922. The van der Waals surface area contributed by atoms with Crippen molar-refractivity contribution in [2.24, 2.45) is 0 Å². The van der Waals surface area contributed by atoms with E-state index in [9.17, 15) is 9.18 Å². The highest BCUT2D eigenvalue weighted by molar-refractivity contribution is 5.87. The van der Waals surface area contributed by atoms with E-state index in [1.54, 1.807) is 18.2 Å². The maximum absolute atomic E-state index is 13.8. The third-order valence-corrected chi connectivity index (χ3v) is 3.92. The first kappa shape index (κ1) is 16.9. The van der Waals surface area contributed by atoms with Crippen molar-refractivity contribution in [3.8, 4) is 5.75 Å². The van der Waals surface area contributed by atoms with Gasteiger partial charge in [0.2, 0.25) is 0 Å². The smallest absolute Gasteiger partial charge is 0.317 e. The Kier molecular flexibility index (Phi) is 5.26. The van der Waals surface area contributed by atoms with Crippen LogP contribution in [0.3, 0.4) is 0 Å². The van der Waals surface area contributed by atoms with Gasteiger partial charge in [-0.3, -0.25) is 4.79 Å². The van der Waals surface area contributed by atoms with Gasteiger partial charge >= 0.3 is 5.97 Å². The van der Waals surface area contributed by atoms with Gasteiger partial charge in [-0.2, -0.15) is 0 Å². The minimum absolute atomic E-state index is 0.108. The van der Waals surface area contributed by atoms with Crippen molar-refractivity contribution in [2.45, 2.75) is 13.2 Å². The normalized spacial score (nSPS) is 10.8. The van der Waals surface area contributed by atoms with Crippen LogP contribution in [0.5, 0.6) is 5.75 Å². The average molecular weight is 339 g/mol. The number of fused-ring (bicyclic) bond motifs is 1. The molecule has 0 aliphatic carbocycles. The van der Waals surface area contributed by atoms with Crippen LogP contribution in [0.2, 0.25) is 0 Å². The second-order valence-electron chi connectivity index (χ2n) is 5.64. The van der Waals surface area contributed by atoms with Gasteiger partial charge in [0.1, 0.15) is 18.2 Å². The molecule has 25 heavy (non-hydrogen) atoms. The van der Waals surface area contributed by atoms with Crippen molar-refractivity contribution < 1.29 is 19.0 Å². The number of carboxylic acids is 1. The zero-order valence-electron chi connectivity index (χ0n) is 13.5. The molecule has 128 valence electrons. The van der Waals surface area contributed by atoms with Crippen LogP contribution < -0.4 is 10.1 Å². The number of carboxylic acid groups (broad SMARTS) is 1. The third kappa shape index (κ3) is 4.14. The van der Waals surface area contributed by atoms with E-state index in [0.29, 0.717) is 17.9 Å². The van der Waals surface area contributed by atoms with Crippen molar-refractivity contribution in [2.75, 3.05) is 6.54 Å². The van der Waals surface area contributed by atoms with Gasteiger partial charge in [-0.25, -0.2) is 4.39 Å². The molecule has 0 aliphatic heterocycles. The molecule has 3 aromatic rings. The number of nitrogens with one attached hydrogen (secondary N) is 1. The molecular weight excluding hydrogens is 321 g/mol. The summed E-state index contributed by atoms with van der Waals surface area (Å²) < 4.78 is 19.6. The van der Waals surface area contributed by atoms with Gasteiger partial charge in [0, 0.05) is 17.7 Å². The Morgan fingerprint density at radius 1 is 1.04 bits per heavy atom. The van der Waals surface area contributed by atoms with Crippen LogP contribution in [-0.2, 0) is 17.9 Å². The first-order valence-corrected chi connectivity index (χ1v) is 7.94. The van der Waals surface area contributed by atoms with Crippen LogP contribution in [0, 0.1) is 5.82 Å². The fourth-order valence-corrected chi connectivity index (χ4v) is 2.70. The number of carbonyl (C=O) groups is 1. The highest BCUT2D eigenvalue weighted by atomic mass is 19.1. The molecule has 0 heterocycles. The van der Waals surface area contributed by atoms with E-state index in [1.807, 2.05) is 36.4 Å². The lowest BCUT2D eigenvalue weighted by atomic mass is 10.0. The van der Waals surface area contributed by atoms with Crippen LogP contribution in [0.1, 0.15) is 11.1 Å². The van der Waals surface area contributed by atoms with Gasteiger partial charge in [0.15, 0.2) is 0 Å². The lowest BCUT2D eigenvalue weighted by Crippen LogP contribution is -2.22. The number of hydrogen-bond donors (Lipinski definition) is 2. The minimum Gasteiger partial charge on any atom is -0.488 e. The van der Waals surface area contributed by atoms with Crippen molar-refractivity contribution >= 4 is 16.7 Å². The molecule has 3 rings (SSSR count). The van der Waals surface area contributed by atoms with Gasteiger partial charge < -0.3 is 15.2 Å². The van der Waals surface area contributed by atoms with Crippen molar-refractivity contribution in [1.82, 2.24) is 5.32 Å². The van der Waals surface area contributed by atoms with Crippen LogP contribution in [0.4, 0.5) is 4.39 Å². The van der Waals surface area contributed by atoms with Crippen LogP contribution in [0.15, 0.2) is 60.7 Å². The summed E-state index contributed by atoms with van der Waals surface area (Å²) in [5.74, 6) is -0.622. The molecule has 0 spiro atoms. The molecule has 0 fully saturated rings. The molecule has 4 nitrogen and oxygen atoms in total. The highest BCUT2D eigenvalue weighted by Crippen LogP contribution is 2.29. The standard InChI is InChI=1S/C20H18FNO3/c21-18-8-4-2-6-15(18)13-25-19-10-9-14-5-1-3-7-16(14)17(19)11-22-12-20(23)24/h1-10,22H,11-13H2,(H,23,24). The number of hydrogen-bond acceptors (Lipinski definition) is 3. The van der Waals surface area contributed by atoms with E-state index in [0.717, 1.165) is 16.3 Å². The number of benzene rings is 3. The first-order chi connectivity index (χ1) is 12.1. The molecule has 2 N–H and O–H groups in total. The number of rotatable bonds is 7. The summed E-state index contributed by atoms with van der Waals surface area (Å²) in [5.41, 5.74) is 1.33. The third-order valence-electron chi connectivity index (χ3n) is 3.92. The maximum Gasteiger partial charge on any atom is 0.317 e. The second kappa shape index (κ2) is 7.77. The van der Waals surface area contributed by atoms with Crippen molar-refractivity contribution in [3.63, 3.8) is 0 Å². The number of halogens is 1. The van der Waals surface area contributed by atoms with E-state index >= 15 is 0 Å². The van der Waals surface area contributed by atoms with Crippen LogP contribution in [0.25, 0.3) is 10.8 Å². The largest absolute Gasteiger partial charge is 0.488 e. The summed E-state index contributed by atoms with van der Waals surface area (Å²) in [6.07, 6.45) is 0. The van der Waals surface area contributed by atoms with E-state index in [2.05, 4.69) is 5.32 Å². The molecule has 0 unspecified atom stereocenters. The SMILES string of the molecule is O=C(O)CNCc1c(OCc2ccccc2F)ccc2ccccc12. The quantitative estimate of drug-likeness (QED) is 0.689. The lowest BCUT2D eigenvalue weighted by Gasteiger charge is -2.15. The fraction of sp³-hybridized carbons (Fsp3) is 0.150. The van der Waals surface area contributed by atoms with Gasteiger partial charge in [0.05, 0.1) is 6.54 Å². The monoisotopic (exact) mass is 339 g/mol. The van der Waals surface area contributed by atoms with E-state index < -0.39 is 5.97 Å². The number of ether oxygens (including phenoxy) is 1. The molecule has 0 saturated carbocycles. The Morgan fingerprint density at radius 3 is 2.60 bits per heavy atom. The zero-order valence-corrected chi connectivity index (χ0v) is 13.5.